The summed E-state index contributed by atoms with van der Waals surface area (Å²) in [6.07, 6.45) is 0. The van der Waals surface area contributed by atoms with Gasteiger partial charge in [0.05, 0.1) is 5.88 Å². The zero-order valence-corrected chi connectivity index (χ0v) is 10.4. The molecule has 2 aromatic carbocycles. The van der Waals surface area contributed by atoms with Gasteiger partial charge in [-0.05, 0) is 11.6 Å². The zero-order chi connectivity index (χ0) is 13.0. The second-order valence-electron chi connectivity index (χ2n) is 3.86. The Morgan fingerprint density at radius 3 is 2.39 bits per heavy atom. The van der Waals surface area contributed by atoms with E-state index in [1.165, 1.54) is 12.1 Å². The first-order valence-corrected chi connectivity index (χ1v) is 6.01. The highest BCUT2D eigenvalue weighted by Gasteiger charge is 2.09. The molecule has 4 heteroatoms. The van der Waals surface area contributed by atoms with E-state index in [9.17, 15) is 10.2 Å². The second-order valence-corrected chi connectivity index (χ2v) is 4.12. The van der Waals surface area contributed by atoms with Crippen LogP contribution in [0, 0.1) is 0 Å². The number of hydrogen-bond acceptors (Lipinski definition) is 3. The molecule has 3 nitrogen and oxygen atoms in total. The van der Waals surface area contributed by atoms with Crippen molar-refractivity contribution >= 4 is 11.6 Å². The lowest BCUT2D eigenvalue weighted by Crippen LogP contribution is -1.95. The molecule has 18 heavy (non-hydrogen) atoms. The van der Waals surface area contributed by atoms with Gasteiger partial charge < -0.3 is 14.9 Å². The highest BCUT2D eigenvalue weighted by atomic mass is 35.5. The Bertz CT molecular complexity index is 526. The van der Waals surface area contributed by atoms with Crippen molar-refractivity contribution in [3.8, 4) is 17.2 Å². The van der Waals surface area contributed by atoms with Gasteiger partial charge in [-0.1, -0.05) is 30.3 Å². The Labute approximate surface area is 110 Å². The summed E-state index contributed by atoms with van der Waals surface area (Å²) >= 11 is 5.62. The van der Waals surface area contributed by atoms with E-state index in [0.29, 0.717) is 12.2 Å². The molecule has 0 heterocycles. The second kappa shape index (κ2) is 5.65. The highest BCUT2D eigenvalue weighted by Crippen LogP contribution is 2.34. The van der Waals surface area contributed by atoms with Crippen molar-refractivity contribution in [3.05, 3.63) is 53.6 Å². The number of aromatic hydroxyl groups is 2. The Kier molecular flexibility index (Phi) is 3.95. The molecule has 0 fully saturated rings. The molecule has 0 aromatic heterocycles. The smallest absolute Gasteiger partial charge is 0.165 e. The monoisotopic (exact) mass is 264 g/mol. The maximum atomic E-state index is 9.73. The van der Waals surface area contributed by atoms with E-state index in [4.69, 9.17) is 16.3 Å². The minimum absolute atomic E-state index is 0.0193. The Morgan fingerprint density at radius 1 is 1.00 bits per heavy atom. The maximum absolute atomic E-state index is 9.73. The van der Waals surface area contributed by atoms with E-state index in [1.807, 2.05) is 30.3 Å². The largest absolute Gasteiger partial charge is 0.507 e. The fourth-order valence-corrected chi connectivity index (χ4v) is 1.77. The van der Waals surface area contributed by atoms with Gasteiger partial charge in [0, 0.05) is 11.6 Å². The fourth-order valence-electron chi connectivity index (χ4n) is 1.56. The van der Waals surface area contributed by atoms with Crippen LogP contribution in [0.25, 0.3) is 0 Å². The van der Waals surface area contributed by atoms with Crippen molar-refractivity contribution in [1.82, 2.24) is 0 Å². The van der Waals surface area contributed by atoms with Crippen LogP contribution in [-0.4, -0.2) is 10.2 Å². The molecule has 0 aliphatic carbocycles. The lowest BCUT2D eigenvalue weighted by molar-refractivity contribution is 0.287. The van der Waals surface area contributed by atoms with Gasteiger partial charge in [-0.25, -0.2) is 0 Å². The van der Waals surface area contributed by atoms with E-state index in [-0.39, 0.29) is 23.1 Å². The van der Waals surface area contributed by atoms with Crippen LogP contribution in [0.1, 0.15) is 11.1 Å². The van der Waals surface area contributed by atoms with Gasteiger partial charge in [-0.3, -0.25) is 0 Å². The Hall–Kier alpha value is -1.87. The SMILES string of the molecule is Oc1cc(OCc2ccccc2)c(O)cc1CCl. The molecule has 0 saturated heterocycles. The van der Waals surface area contributed by atoms with E-state index in [2.05, 4.69) is 0 Å². The lowest BCUT2D eigenvalue weighted by Gasteiger charge is -2.10. The van der Waals surface area contributed by atoms with Gasteiger partial charge in [0.1, 0.15) is 12.4 Å². The summed E-state index contributed by atoms with van der Waals surface area (Å²) in [6, 6.07) is 12.4. The van der Waals surface area contributed by atoms with Crippen molar-refractivity contribution in [2.45, 2.75) is 12.5 Å². The first kappa shape index (κ1) is 12.6. The molecule has 0 spiro atoms. The van der Waals surface area contributed by atoms with Crippen LogP contribution in [0.4, 0.5) is 0 Å². The molecule has 0 radical (unpaired) electrons. The van der Waals surface area contributed by atoms with Gasteiger partial charge in [0.2, 0.25) is 0 Å². The number of hydrogen-bond donors (Lipinski definition) is 2. The van der Waals surface area contributed by atoms with Gasteiger partial charge in [0.25, 0.3) is 0 Å². The zero-order valence-electron chi connectivity index (χ0n) is 9.64. The van der Waals surface area contributed by atoms with E-state index >= 15 is 0 Å². The van der Waals surface area contributed by atoms with Crippen LogP contribution in [0.15, 0.2) is 42.5 Å². The molecule has 0 aliphatic rings. The summed E-state index contributed by atoms with van der Waals surface area (Å²) in [5.74, 6) is 0.369. The number of phenols is 2. The molecule has 2 N–H and O–H groups in total. The van der Waals surface area contributed by atoms with E-state index < -0.39 is 0 Å². The van der Waals surface area contributed by atoms with Crippen LogP contribution < -0.4 is 4.74 Å². The first-order chi connectivity index (χ1) is 8.70. The van der Waals surface area contributed by atoms with Crippen molar-refractivity contribution < 1.29 is 14.9 Å². The minimum atomic E-state index is -0.0284. The number of alkyl halides is 1. The summed E-state index contributed by atoms with van der Waals surface area (Å²) in [5.41, 5.74) is 1.46. The number of ether oxygens (including phenoxy) is 1. The van der Waals surface area contributed by atoms with Gasteiger partial charge in [0.15, 0.2) is 11.5 Å². The van der Waals surface area contributed by atoms with Crippen LogP contribution in [0.3, 0.4) is 0 Å². The minimum Gasteiger partial charge on any atom is -0.507 e. The lowest BCUT2D eigenvalue weighted by atomic mass is 10.2. The topological polar surface area (TPSA) is 49.7 Å². The molecule has 94 valence electrons. The van der Waals surface area contributed by atoms with Gasteiger partial charge in [-0.2, -0.15) is 0 Å². The summed E-state index contributed by atoms with van der Waals surface area (Å²) in [6.45, 7) is 0.327. The van der Waals surface area contributed by atoms with Crippen molar-refractivity contribution in [2.75, 3.05) is 0 Å². The standard InChI is InChI=1S/C14H13ClO3/c15-8-11-6-13(17)14(7-12(11)16)18-9-10-4-2-1-3-5-10/h1-7,16-17H,8-9H2. The summed E-state index contributed by atoms with van der Waals surface area (Å²) in [5, 5.41) is 19.4. The van der Waals surface area contributed by atoms with Gasteiger partial charge >= 0.3 is 0 Å². The van der Waals surface area contributed by atoms with Crippen LogP contribution in [-0.2, 0) is 12.5 Å². The van der Waals surface area contributed by atoms with Crippen LogP contribution in [0.2, 0.25) is 0 Å². The normalized spacial score (nSPS) is 10.3. The van der Waals surface area contributed by atoms with Crippen molar-refractivity contribution in [1.29, 1.82) is 0 Å². The summed E-state index contributed by atoms with van der Waals surface area (Å²) < 4.78 is 5.45. The average Bonchev–Trinajstić information content (AvgIpc) is 2.40. The highest BCUT2D eigenvalue weighted by molar-refractivity contribution is 6.17. The van der Waals surface area contributed by atoms with Crippen LogP contribution >= 0.6 is 11.6 Å². The molecular weight excluding hydrogens is 252 g/mol. The maximum Gasteiger partial charge on any atom is 0.165 e. The summed E-state index contributed by atoms with van der Waals surface area (Å²) in [4.78, 5) is 0. The number of phenolic OH excluding ortho intramolecular Hbond substituents is 2. The van der Waals surface area contributed by atoms with Crippen LogP contribution in [0.5, 0.6) is 17.2 Å². The Morgan fingerprint density at radius 2 is 1.72 bits per heavy atom. The van der Waals surface area contributed by atoms with E-state index in [0.717, 1.165) is 5.56 Å². The molecule has 0 saturated carbocycles. The molecule has 0 bridgehead atoms. The number of rotatable bonds is 4. The van der Waals surface area contributed by atoms with Gasteiger partial charge in [-0.15, -0.1) is 11.6 Å². The third-order valence-corrected chi connectivity index (χ3v) is 2.83. The molecule has 0 atom stereocenters. The molecule has 0 unspecified atom stereocenters. The third-order valence-electron chi connectivity index (χ3n) is 2.54. The first-order valence-electron chi connectivity index (χ1n) is 5.48. The molecule has 2 aromatic rings. The predicted molar refractivity (Wildman–Crippen MR) is 70.1 cm³/mol. The average molecular weight is 265 g/mol. The number of halogens is 1. The molecular formula is C14H13ClO3. The van der Waals surface area contributed by atoms with Crippen molar-refractivity contribution in [3.63, 3.8) is 0 Å². The fraction of sp³-hybridized carbons (Fsp3) is 0.143. The third kappa shape index (κ3) is 2.87. The predicted octanol–water partition coefficient (Wildman–Crippen LogP) is 3.42. The molecule has 0 amide bonds. The molecule has 2 rings (SSSR count). The van der Waals surface area contributed by atoms with Crippen molar-refractivity contribution in [2.24, 2.45) is 0 Å². The molecule has 0 aliphatic heterocycles. The Balaban J connectivity index is 2.13. The quantitative estimate of drug-likeness (QED) is 0.657. The summed E-state index contributed by atoms with van der Waals surface area (Å²) in [7, 11) is 0. The number of benzene rings is 2. The van der Waals surface area contributed by atoms with E-state index in [1.54, 1.807) is 0 Å².